The van der Waals surface area contributed by atoms with Gasteiger partial charge in [-0.3, -0.25) is 9.59 Å². The lowest BCUT2D eigenvalue weighted by atomic mass is 9.97. The first-order chi connectivity index (χ1) is 14.6. The average molecular weight is 453 g/mol. The van der Waals surface area contributed by atoms with E-state index in [4.69, 9.17) is 5.73 Å². The van der Waals surface area contributed by atoms with Crippen molar-refractivity contribution in [2.45, 2.75) is 57.4 Å². The Hall–Kier alpha value is -1.97. The number of sulfonamides is 1. The van der Waals surface area contributed by atoms with E-state index < -0.39 is 16.1 Å². The number of nitrogens with two attached hydrogens (primary N) is 1. The highest BCUT2D eigenvalue weighted by Crippen LogP contribution is 2.16. The van der Waals surface area contributed by atoms with Gasteiger partial charge in [0.2, 0.25) is 21.8 Å². The fourth-order valence-corrected chi connectivity index (χ4v) is 4.99. The van der Waals surface area contributed by atoms with E-state index in [2.05, 4.69) is 14.9 Å². The van der Waals surface area contributed by atoms with Gasteiger partial charge < -0.3 is 16.0 Å². The van der Waals surface area contributed by atoms with Crippen molar-refractivity contribution in [1.82, 2.24) is 14.9 Å². The first-order valence-electron chi connectivity index (χ1n) is 11.0. The number of carbonyl (C=O) groups excluding carboxylic acids is 2. The zero-order valence-corrected chi connectivity index (χ0v) is 19.6. The third-order valence-corrected chi connectivity index (χ3v) is 7.00. The predicted molar refractivity (Wildman–Crippen MR) is 121 cm³/mol. The van der Waals surface area contributed by atoms with Crippen LogP contribution in [0.15, 0.2) is 29.2 Å². The van der Waals surface area contributed by atoms with Gasteiger partial charge in [0.05, 0.1) is 10.8 Å². The van der Waals surface area contributed by atoms with E-state index in [1.165, 1.54) is 0 Å². The Bertz CT molecular complexity index is 840. The van der Waals surface area contributed by atoms with Gasteiger partial charge in [0.25, 0.3) is 0 Å². The largest absolute Gasteiger partial charge is 0.369 e. The Labute approximate surface area is 186 Å². The molecule has 1 aliphatic heterocycles. The van der Waals surface area contributed by atoms with Gasteiger partial charge in [0, 0.05) is 13.1 Å². The van der Waals surface area contributed by atoms with Crippen LogP contribution in [0.5, 0.6) is 0 Å². The Morgan fingerprint density at radius 3 is 2.52 bits per heavy atom. The molecule has 1 aliphatic rings. The zero-order valence-electron chi connectivity index (χ0n) is 18.8. The number of hydrogen-bond donors (Lipinski definition) is 3. The molecule has 174 valence electrons. The molecule has 9 heteroatoms. The summed E-state index contributed by atoms with van der Waals surface area (Å²) in [6.07, 6.45) is 2.90. The van der Waals surface area contributed by atoms with Crippen molar-refractivity contribution in [3.63, 3.8) is 0 Å². The Morgan fingerprint density at radius 2 is 1.90 bits per heavy atom. The van der Waals surface area contributed by atoms with E-state index in [9.17, 15) is 18.0 Å². The normalized spacial score (nSPS) is 18.6. The molecule has 1 fully saturated rings. The molecule has 2 unspecified atom stereocenters. The van der Waals surface area contributed by atoms with Crippen molar-refractivity contribution in [1.29, 1.82) is 0 Å². The van der Waals surface area contributed by atoms with Gasteiger partial charge in [0.1, 0.15) is 6.04 Å². The molecule has 31 heavy (non-hydrogen) atoms. The van der Waals surface area contributed by atoms with Crippen molar-refractivity contribution in [3.8, 4) is 0 Å². The highest BCUT2D eigenvalue weighted by atomic mass is 32.2. The first-order valence-corrected chi connectivity index (χ1v) is 12.4. The smallest absolute Gasteiger partial charge is 0.241 e. The van der Waals surface area contributed by atoms with E-state index >= 15 is 0 Å². The SMILES string of the molecule is Cc1ccc(S(=O)(=O)NC(CC(C)C)C(=O)NCCCN2CCCC(C(N)=O)C2)cc1. The van der Waals surface area contributed by atoms with Crippen LogP contribution in [0, 0.1) is 18.8 Å². The standard InChI is InChI=1S/C22H36N4O4S/c1-16(2)14-20(25-31(29,30)19-9-7-17(3)8-10-19)22(28)24-11-5-13-26-12-4-6-18(15-26)21(23)27/h7-10,16,18,20,25H,4-6,11-15H2,1-3H3,(H2,23,27)(H,24,28). The number of piperidine rings is 1. The first kappa shape index (κ1) is 25.3. The average Bonchev–Trinajstić information content (AvgIpc) is 2.70. The third-order valence-electron chi connectivity index (χ3n) is 5.51. The number of aryl methyl sites for hydroxylation is 1. The molecule has 1 heterocycles. The molecule has 0 bridgehead atoms. The Morgan fingerprint density at radius 1 is 1.23 bits per heavy atom. The van der Waals surface area contributed by atoms with Crippen LogP contribution in [0.2, 0.25) is 0 Å². The van der Waals surface area contributed by atoms with E-state index in [1.807, 2.05) is 20.8 Å². The maximum absolute atomic E-state index is 12.7. The second-order valence-corrected chi connectivity index (χ2v) is 10.5. The van der Waals surface area contributed by atoms with E-state index in [-0.39, 0.29) is 28.5 Å². The monoisotopic (exact) mass is 452 g/mol. The van der Waals surface area contributed by atoms with Gasteiger partial charge in [-0.2, -0.15) is 4.72 Å². The lowest BCUT2D eigenvalue weighted by Crippen LogP contribution is -2.48. The van der Waals surface area contributed by atoms with Gasteiger partial charge in [-0.15, -0.1) is 0 Å². The summed E-state index contributed by atoms with van der Waals surface area (Å²) in [5.74, 6) is -0.529. The van der Waals surface area contributed by atoms with Crippen LogP contribution in [0.4, 0.5) is 0 Å². The molecule has 2 atom stereocenters. The van der Waals surface area contributed by atoms with Crippen LogP contribution in [0.3, 0.4) is 0 Å². The molecule has 0 saturated carbocycles. The van der Waals surface area contributed by atoms with Gasteiger partial charge in [-0.25, -0.2) is 8.42 Å². The van der Waals surface area contributed by atoms with Gasteiger partial charge in [-0.1, -0.05) is 31.5 Å². The zero-order chi connectivity index (χ0) is 23.0. The third kappa shape index (κ3) is 8.23. The predicted octanol–water partition coefficient (Wildman–Crippen LogP) is 1.39. The maximum atomic E-state index is 12.7. The highest BCUT2D eigenvalue weighted by molar-refractivity contribution is 7.89. The van der Waals surface area contributed by atoms with Crippen LogP contribution in [-0.4, -0.2) is 57.4 Å². The Balaban J connectivity index is 1.88. The van der Waals surface area contributed by atoms with E-state index in [0.717, 1.165) is 37.9 Å². The molecule has 2 amide bonds. The molecule has 0 aromatic heterocycles. The number of likely N-dealkylation sites (tertiary alicyclic amines) is 1. The summed E-state index contributed by atoms with van der Waals surface area (Å²) < 4.78 is 28.0. The molecule has 1 saturated heterocycles. The lowest BCUT2D eigenvalue weighted by molar-refractivity contribution is -0.123. The lowest BCUT2D eigenvalue weighted by Gasteiger charge is -2.31. The second kappa shape index (κ2) is 11.6. The molecule has 1 aromatic carbocycles. The number of primary amides is 1. The van der Waals surface area contributed by atoms with Crippen LogP contribution >= 0.6 is 0 Å². The number of amides is 2. The van der Waals surface area contributed by atoms with Gasteiger partial charge >= 0.3 is 0 Å². The molecule has 8 nitrogen and oxygen atoms in total. The summed E-state index contributed by atoms with van der Waals surface area (Å²) in [5.41, 5.74) is 6.38. The molecule has 0 aliphatic carbocycles. The minimum absolute atomic E-state index is 0.102. The van der Waals surface area contributed by atoms with Crippen molar-refractivity contribution in [2.24, 2.45) is 17.6 Å². The fraction of sp³-hybridized carbons (Fsp3) is 0.636. The van der Waals surface area contributed by atoms with Crippen LogP contribution < -0.4 is 15.8 Å². The van der Waals surface area contributed by atoms with Crippen LogP contribution in [0.25, 0.3) is 0 Å². The van der Waals surface area contributed by atoms with Gasteiger partial charge in [-0.05, 0) is 63.7 Å². The number of hydrogen-bond acceptors (Lipinski definition) is 5. The van der Waals surface area contributed by atoms with E-state index in [1.54, 1.807) is 24.3 Å². The summed E-state index contributed by atoms with van der Waals surface area (Å²) in [6, 6.07) is 5.71. The molecule has 0 spiro atoms. The number of carbonyl (C=O) groups is 2. The van der Waals surface area contributed by atoms with Crippen molar-refractivity contribution >= 4 is 21.8 Å². The van der Waals surface area contributed by atoms with Crippen molar-refractivity contribution in [3.05, 3.63) is 29.8 Å². The van der Waals surface area contributed by atoms with Crippen molar-refractivity contribution < 1.29 is 18.0 Å². The van der Waals surface area contributed by atoms with Crippen LogP contribution in [-0.2, 0) is 19.6 Å². The number of nitrogens with zero attached hydrogens (tertiary/aromatic N) is 1. The fourth-order valence-electron chi connectivity index (χ4n) is 3.78. The molecule has 1 aromatic rings. The summed E-state index contributed by atoms with van der Waals surface area (Å²) in [7, 11) is -3.79. The maximum Gasteiger partial charge on any atom is 0.241 e. The minimum atomic E-state index is -3.79. The van der Waals surface area contributed by atoms with Crippen molar-refractivity contribution in [2.75, 3.05) is 26.2 Å². The summed E-state index contributed by atoms with van der Waals surface area (Å²) >= 11 is 0. The Kier molecular flexibility index (Phi) is 9.46. The summed E-state index contributed by atoms with van der Waals surface area (Å²) in [5, 5.41) is 2.86. The minimum Gasteiger partial charge on any atom is -0.369 e. The van der Waals surface area contributed by atoms with Crippen LogP contribution in [0.1, 0.15) is 45.1 Å². The number of rotatable bonds is 11. The summed E-state index contributed by atoms with van der Waals surface area (Å²) in [4.78, 5) is 26.5. The topological polar surface area (TPSA) is 122 Å². The van der Waals surface area contributed by atoms with Gasteiger partial charge in [0.15, 0.2) is 0 Å². The number of benzene rings is 1. The second-order valence-electron chi connectivity index (χ2n) is 8.80. The molecular formula is C22H36N4O4S. The molecule has 4 N–H and O–H groups in total. The quantitative estimate of drug-likeness (QED) is 0.438. The molecule has 0 radical (unpaired) electrons. The summed E-state index contributed by atoms with van der Waals surface area (Å²) in [6.45, 7) is 8.57. The molecule has 2 rings (SSSR count). The highest BCUT2D eigenvalue weighted by Gasteiger charge is 2.27. The van der Waals surface area contributed by atoms with E-state index in [0.29, 0.717) is 19.5 Å². The number of nitrogens with one attached hydrogen (secondary N) is 2. The molecular weight excluding hydrogens is 416 g/mol.